The summed E-state index contributed by atoms with van der Waals surface area (Å²) in [6, 6.07) is 23.9. The van der Waals surface area contributed by atoms with E-state index in [2.05, 4.69) is 23.0 Å². The Balaban J connectivity index is 1.25. The second-order valence-corrected chi connectivity index (χ2v) is 13.4. The molecule has 47 heavy (non-hydrogen) atoms. The molecule has 1 fully saturated rings. The van der Waals surface area contributed by atoms with Crippen LogP contribution in [-0.2, 0) is 30.8 Å². The standard InChI is InChI=1S/C36H41N3O7S/c1-3-28-9-11-30(12-10-28)31-25-34(36(41)38-19-17-37(18-20-38)27-29-7-5-4-6-8-29)46-35(26-31)45-24-22-39(21-23-40)47(42,43)33-15-13-32(44-2)14-16-33/h1,4-16,25,31,35,40H,17-24,26-27H2,2H3/t31-,35+/m0/s1. The lowest BCUT2D eigenvalue weighted by Crippen LogP contribution is -2.49. The number of methoxy groups -OCH3 is 1. The Labute approximate surface area is 277 Å². The van der Waals surface area contributed by atoms with E-state index in [1.54, 1.807) is 17.0 Å². The van der Waals surface area contributed by atoms with Crippen LogP contribution in [0.15, 0.2) is 95.6 Å². The lowest BCUT2D eigenvalue weighted by molar-refractivity contribution is -0.154. The molecule has 1 amide bonds. The van der Waals surface area contributed by atoms with E-state index in [0.29, 0.717) is 25.3 Å². The third-order valence-electron chi connectivity index (χ3n) is 8.37. The number of sulfonamides is 1. The number of hydrogen-bond acceptors (Lipinski definition) is 8. The molecule has 10 nitrogen and oxygen atoms in total. The first-order valence-electron chi connectivity index (χ1n) is 15.7. The van der Waals surface area contributed by atoms with E-state index in [4.69, 9.17) is 20.6 Å². The Morgan fingerprint density at radius 3 is 2.34 bits per heavy atom. The third kappa shape index (κ3) is 8.80. The molecule has 3 aromatic carbocycles. The minimum absolute atomic E-state index is 0.0115. The van der Waals surface area contributed by atoms with Crippen LogP contribution in [0.2, 0.25) is 0 Å². The summed E-state index contributed by atoms with van der Waals surface area (Å²) in [4.78, 5) is 18.0. The van der Waals surface area contributed by atoms with Crippen LogP contribution in [0.3, 0.4) is 0 Å². The number of hydrogen-bond donors (Lipinski definition) is 1. The van der Waals surface area contributed by atoms with E-state index in [1.165, 1.54) is 29.1 Å². The Kier molecular flexibility index (Phi) is 11.7. The van der Waals surface area contributed by atoms with E-state index >= 15 is 0 Å². The molecule has 2 aliphatic heterocycles. The number of aliphatic hydroxyl groups is 1. The second-order valence-electron chi connectivity index (χ2n) is 11.4. The molecular formula is C36H41N3O7S. The van der Waals surface area contributed by atoms with Crippen LogP contribution >= 0.6 is 0 Å². The molecule has 2 heterocycles. The number of amides is 1. The second kappa shape index (κ2) is 16.1. The molecule has 0 aliphatic carbocycles. The molecule has 2 aliphatic rings. The molecule has 2 atom stereocenters. The maximum atomic E-state index is 13.8. The predicted octanol–water partition coefficient (Wildman–Crippen LogP) is 3.43. The van der Waals surface area contributed by atoms with Crippen molar-refractivity contribution in [3.8, 4) is 18.1 Å². The normalized spacial score (nSPS) is 18.7. The van der Waals surface area contributed by atoms with Gasteiger partial charge < -0.3 is 24.2 Å². The van der Waals surface area contributed by atoms with Crippen LogP contribution < -0.4 is 4.74 Å². The molecule has 5 rings (SSSR count). The number of benzene rings is 3. The smallest absolute Gasteiger partial charge is 0.288 e. The number of nitrogens with zero attached hydrogens (tertiary/aromatic N) is 3. The van der Waals surface area contributed by atoms with Gasteiger partial charge in [-0.2, -0.15) is 4.31 Å². The zero-order valence-electron chi connectivity index (χ0n) is 26.5. The highest BCUT2D eigenvalue weighted by Crippen LogP contribution is 2.32. The molecule has 0 radical (unpaired) electrons. The fourth-order valence-corrected chi connectivity index (χ4v) is 7.14. The third-order valence-corrected chi connectivity index (χ3v) is 10.3. The van der Waals surface area contributed by atoms with Gasteiger partial charge in [0.05, 0.1) is 25.2 Å². The molecule has 0 saturated carbocycles. The molecule has 0 unspecified atom stereocenters. The van der Waals surface area contributed by atoms with Gasteiger partial charge in [0.15, 0.2) is 5.76 Å². The van der Waals surface area contributed by atoms with Crippen molar-refractivity contribution in [1.82, 2.24) is 14.1 Å². The molecule has 1 saturated heterocycles. The van der Waals surface area contributed by atoms with Crippen molar-refractivity contribution in [3.63, 3.8) is 0 Å². The summed E-state index contributed by atoms with van der Waals surface area (Å²) in [6.45, 7) is 2.96. The van der Waals surface area contributed by atoms with E-state index in [-0.39, 0.29) is 48.8 Å². The van der Waals surface area contributed by atoms with Crippen molar-refractivity contribution in [3.05, 3.63) is 107 Å². The predicted molar refractivity (Wildman–Crippen MR) is 178 cm³/mol. The minimum atomic E-state index is -3.91. The summed E-state index contributed by atoms with van der Waals surface area (Å²) < 4.78 is 45.2. The van der Waals surface area contributed by atoms with Crippen LogP contribution in [0.4, 0.5) is 0 Å². The summed E-state index contributed by atoms with van der Waals surface area (Å²) in [5.74, 6) is 2.98. The fraction of sp³-hybridized carbons (Fsp3) is 0.361. The van der Waals surface area contributed by atoms with Crippen molar-refractivity contribution >= 4 is 15.9 Å². The molecule has 248 valence electrons. The van der Waals surface area contributed by atoms with Gasteiger partial charge in [0.25, 0.3) is 5.91 Å². The maximum absolute atomic E-state index is 13.8. The summed E-state index contributed by atoms with van der Waals surface area (Å²) in [5, 5.41) is 9.63. The van der Waals surface area contributed by atoms with Crippen molar-refractivity contribution in [2.45, 2.75) is 30.1 Å². The molecule has 0 bridgehead atoms. The van der Waals surface area contributed by atoms with Gasteiger partial charge in [0.1, 0.15) is 5.75 Å². The van der Waals surface area contributed by atoms with Crippen molar-refractivity contribution in [2.75, 3.05) is 59.6 Å². The lowest BCUT2D eigenvalue weighted by atomic mass is 9.92. The summed E-state index contributed by atoms with van der Waals surface area (Å²) >= 11 is 0. The number of carbonyl (C=O) groups is 1. The van der Waals surface area contributed by atoms with Crippen LogP contribution in [0, 0.1) is 12.3 Å². The number of allylic oxidation sites excluding steroid dienone is 1. The quantitative estimate of drug-likeness (QED) is 0.278. The lowest BCUT2D eigenvalue weighted by Gasteiger charge is -2.36. The maximum Gasteiger partial charge on any atom is 0.288 e. The van der Waals surface area contributed by atoms with Crippen LogP contribution in [0.25, 0.3) is 0 Å². The number of ether oxygens (including phenoxy) is 3. The summed E-state index contributed by atoms with van der Waals surface area (Å²) in [6.07, 6.45) is 7.02. The van der Waals surface area contributed by atoms with Gasteiger partial charge in [-0.15, -0.1) is 6.42 Å². The minimum Gasteiger partial charge on any atom is -0.497 e. The highest BCUT2D eigenvalue weighted by molar-refractivity contribution is 7.89. The number of rotatable bonds is 13. The highest BCUT2D eigenvalue weighted by Gasteiger charge is 2.33. The zero-order chi connectivity index (χ0) is 33.2. The Hall–Kier alpha value is -4.18. The monoisotopic (exact) mass is 659 g/mol. The number of aliphatic hydroxyl groups excluding tert-OH is 1. The Morgan fingerprint density at radius 1 is 1.00 bits per heavy atom. The van der Waals surface area contributed by atoms with E-state index < -0.39 is 16.3 Å². The number of carbonyl (C=O) groups excluding carboxylic acids is 1. The average Bonchev–Trinajstić information content (AvgIpc) is 3.11. The highest BCUT2D eigenvalue weighted by atomic mass is 32.2. The Morgan fingerprint density at radius 2 is 1.70 bits per heavy atom. The first-order chi connectivity index (χ1) is 22.8. The van der Waals surface area contributed by atoms with Crippen LogP contribution in [-0.4, -0.2) is 99.4 Å². The Bertz CT molecular complexity index is 1650. The van der Waals surface area contributed by atoms with Gasteiger partial charge in [-0.3, -0.25) is 9.69 Å². The topological polar surface area (TPSA) is 109 Å². The molecule has 0 spiro atoms. The van der Waals surface area contributed by atoms with E-state index in [1.807, 2.05) is 48.5 Å². The zero-order valence-corrected chi connectivity index (χ0v) is 27.3. The number of piperazine rings is 1. The first-order valence-corrected chi connectivity index (χ1v) is 17.1. The van der Waals surface area contributed by atoms with Gasteiger partial charge in [-0.05, 0) is 53.6 Å². The van der Waals surface area contributed by atoms with Gasteiger partial charge >= 0.3 is 0 Å². The number of terminal acetylenes is 1. The van der Waals surface area contributed by atoms with Gasteiger partial charge in [0.2, 0.25) is 16.3 Å². The molecule has 0 aromatic heterocycles. The van der Waals surface area contributed by atoms with Crippen molar-refractivity contribution in [2.24, 2.45) is 0 Å². The van der Waals surface area contributed by atoms with E-state index in [9.17, 15) is 18.3 Å². The van der Waals surface area contributed by atoms with Crippen LogP contribution in [0.5, 0.6) is 5.75 Å². The van der Waals surface area contributed by atoms with E-state index in [0.717, 1.165) is 30.8 Å². The summed E-state index contributed by atoms with van der Waals surface area (Å²) in [7, 11) is -2.41. The largest absolute Gasteiger partial charge is 0.497 e. The van der Waals surface area contributed by atoms with Crippen LogP contribution in [0.1, 0.15) is 29.0 Å². The molecule has 3 aromatic rings. The molecular weight excluding hydrogens is 618 g/mol. The summed E-state index contributed by atoms with van der Waals surface area (Å²) in [5.41, 5.74) is 2.95. The van der Waals surface area contributed by atoms with Gasteiger partial charge in [-0.25, -0.2) is 8.42 Å². The fourth-order valence-electron chi connectivity index (χ4n) is 5.72. The van der Waals surface area contributed by atoms with Gasteiger partial charge in [-0.1, -0.05) is 48.4 Å². The SMILES string of the molecule is C#Cc1ccc([C@H]2C=C(C(=O)N3CCN(Cc4ccccc4)CC3)O[C@@H](OCCN(CCO)S(=O)(=O)c3ccc(OC)cc3)C2)cc1. The van der Waals surface area contributed by atoms with Crippen molar-refractivity contribution in [1.29, 1.82) is 0 Å². The first kappa shape index (κ1) is 34.2. The average molecular weight is 660 g/mol. The molecule has 1 N–H and O–H groups in total. The molecule has 11 heteroatoms. The van der Waals surface area contributed by atoms with Gasteiger partial charge in [0, 0.05) is 63.7 Å². The van der Waals surface area contributed by atoms with Crippen molar-refractivity contribution < 1.29 is 32.5 Å².